The van der Waals surface area contributed by atoms with E-state index in [2.05, 4.69) is 4.90 Å². The van der Waals surface area contributed by atoms with Gasteiger partial charge in [-0.15, -0.1) is 0 Å². The molecule has 1 fully saturated rings. The number of methoxy groups -OCH3 is 1. The van der Waals surface area contributed by atoms with Gasteiger partial charge in [-0.3, -0.25) is 4.90 Å². The quantitative estimate of drug-likeness (QED) is 0.788. The van der Waals surface area contributed by atoms with Gasteiger partial charge >= 0.3 is 10.4 Å². The fraction of sp³-hybridized carbons (Fsp3) is 0.538. The van der Waals surface area contributed by atoms with E-state index in [1.54, 1.807) is 7.11 Å². The highest BCUT2D eigenvalue weighted by molar-refractivity contribution is 7.83. The first-order valence-corrected chi connectivity index (χ1v) is 7.80. The highest BCUT2D eigenvalue weighted by Gasteiger charge is 2.26. The number of piperazine rings is 1. The standard InChI is InChI=1S/C13H19FN2O3S/c1-11-3-4-12(13(9-11)19-2)10-15-5-7-16(8-6-15)20(14,17)18/h3-4,9H,5-8,10H2,1-2H3. The predicted octanol–water partition coefficient (Wildman–Crippen LogP) is 1.34. The minimum absolute atomic E-state index is 0.188. The number of hydrogen-bond donors (Lipinski definition) is 0. The summed E-state index contributed by atoms with van der Waals surface area (Å²) in [6.07, 6.45) is 0. The van der Waals surface area contributed by atoms with E-state index < -0.39 is 10.4 Å². The van der Waals surface area contributed by atoms with Crippen molar-refractivity contribution >= 4 is 10.4 Å². The molecule has 0 atom stereocenters. The number of benzene rings is 1. The molecule has 0 aromatic heterocycles. The Morgan fingerprint density at radius 1 is 1.25 bits per heavy atom. The monoisotopic (exact) mass is 302 g/mol. The van der Waals surface area contributed by atoms with Crippen LogP contribution in [0.25, 0.3) is 0 Å². The zero-order valence-electron chi connectivity index (χ0n) is 11.7. The summed E-state index contributed by atoms with van der Waals surface area (Å²) in [6.45, 7) is 4.07. The van der Waals surface area contributed by atoms with E-state index in [9.17, 15) is 12.3 Å². The Bertz CT molecular complexity index is 569. The molecule has 1 saturated heterocycles. The third kappa shape index (κ3) is 3.68. The van der Waals surface area contributed by atoms with Crippen LogP contribution in [-0.2, 0) is 17.0 Å². The lowest BCUT2D eigenvalue weighted by molar-refractivity contribution is 0.176. The Morgan fingerprint density at radius 2 is 1.90 bits per heavy atom. The lowest BCUT2D eigenvalue weighted by Crippen LogP contribution is -2.47. The van der Waals surface area contributed by atoms with E-state index in [4.69, 9.17) is 4.74 Å². The van der Waals surface area contributed by atoms with Crippen molar-refractivity contribution in [2.75, 3.05) is 33.3 Å². The molecular formula is C13H19FN2O3S. The largest absolute Gasteiger partial charge is 0.496 e. The summed E-state index contributed by atoms with van der Waals surface area (Å²) in [6, 6.07) is 5.99. The van der Waals surface area contributed by atoms with Crippen molar-refractivity contribution in [2.24, 2.45) is 0 Å². The van der Waals surface area contributed by atoms with Gasteiger partial charge in [-0.1, -0.05) is 16.0 Å². The molecule has 20 heavy (non-hydrogen) atoms. The highest BCUT2D eigenvalue weighted by Crippen LogP contribution is 2.22. The summed E-state index contributed by atoms with van der Waals surface area (Å²) >= 11 is 0. The third-order valence-electron chi connectivity index (χ3n) is 3.48. The first-order valence-electron chi connectivity index (χ1n) is 6.46. The highest BCUT2D eigenvalue weighted by atomic mass is 32.3. The maximum Gasteiger partial charge on any atom is 0.374 e. The van der Waals surface area contributed by atoms with Gasteiger partial charge in [0.1, 0.15) is 5.75 Å². The summed E-state index contributed by atoms with van der Waals surface area (Å²) < 4.78 is 40.7. The number of ether oxygens (including phenoxy) is 1. The van der Waals surface area contributed by atoms with Gasteiger partial charge in [0, 0.05) is 38.3 Å². The Balaban J connectivity index is 1.99. The molecule has 1 aromatic rings. The lowest BCUT2D eigenvalue weighted by Gasteiger charge is -2.32. The summed E-state index contributed by atoms with van der Waals surface area (Å²) in [5.41, 5.74) is 2.17. The molecule has 0 N–H and O–H groups in total. The molecule has 112 valence electrons. The second-order valence-corrected chi connectivity index (χ2v) is 6.27. The van der Waals surface area contributed by atoms with Crippen LogP contribution in [0.2, 0.25) is 0 Å². The normalized spacial score (nSPS) is 18.1. The van der Waals surface area contributed by atoms with Gasteiger partial charge < -0.3 is 4.74 Å². The minimum atomic E-state index is -4.56. The van der Waals surface area contributed by atoms with Gasteiger partial charge in [-0.2, -0.15) is 12.7 Å². The van der Waals surface area contributed by atoms with E-state index in [0.29, 0.717) is 19.6 Å². The zero-order valence-corrected chi connectivity index (χ0v) is 12.5. The smallest absolute Gasteiger partial charge is 0.374 e. The van der Waals surface area contributed by atoms with Crippen molar-refractivity contribution in [3.63, 3.8) is 0 Å². The van der Waals surface area contributed by atoms with Crippen LogP contribution < -0.4 is 4.74 Å². The van der Waals surface area contributed by atoms with Crippen LogP contribution >= 0.6 is 0 Å². The summed E-state index contributed by atoms with van der Waals surface area (Å²) in [5, 5.41) is 0. The molecule has 0 amide bonds. The molecule has 0 unspecified atom stereocenters. The van der Waals surface area contributed by atoms with E-state index >= 15 is 0 Å². The van der Waals surface area contributed by atoms with Crippen LogP contribution in [0.3, 0.4) is 0 Å². The van der Waals surface area contributed by atoms with Crippen molar-refractivity contribution in [3.05, 3.63) is 29.3 Å². The number of aryl methyl sites for hydroxylation is 1. The zero-order chi connectivity index (χ0) is 14.8. The molecule has 0 saturated carbocycles. The molecule has 0 aliphatic carbocycles. The fourth-order valence-electron chi connectivity index (χ4n) is 2.33. The topological polar surface area (TPSA) is 49.9 Å². The molecule has 1 heterocycles. The predicted molar refractivity (Wildman–Crippen MR) is 74.6 cm³/mol. The van der Waals surface area contributed by atoms with Crippen molar-refractivity contribution < 1.29 is 17.0 Å². The van der Waals surface area contributed by atoms with Crippen molar-refractivity contribution in [1.29, 1.82) is 0 Å². The summed E-state index contributed by atoms with van der Waals surface area (Å²) in [5.74, 6) is 0.825. The third-order valence-corrected chi connectivity index (χ3v) is 4.46. The molecule has 0 spiro atoms. The van der Waals surface area contributed by atoms with Gasteiger partial charge in [-0.25, -0.2) is 0 Å². The number of nitrogens with zero attached hydrogens (tertiary/aromatic N) is 2. The van der Waals surface area contributed by atoms with Crippen molar-refractivity contribution in [2.45, 2.75) is 13.5 Å². The summed E-state index contributed by atoms with van der Waals surface area (Å²) in [4.78, 5) is 2.09. The van der Waals surface area contributed by atoms with Gasteiger partial charge in [-0.05, 0) is 18.6 Å². The summed E-state index contributed by atoms with van der Waals surface area (Å²) in [7, 11) is -2.93. The van der Waals surface area contributed by atoms with E-state index in [0.717, 1.165) is 21.2 Å². The molecule has 1 aliphatic rings. The van der Waals surface area contributed by atoms with E-state index in [1.807, 2.05) is 25.1 Å². The van der Waals surface area contributed by atoms with E-state index in [-0.39, 0.29) is 13.1 Å². The Labute approximate surface area is 119 Å². The first kappa shape index (κ1) is 15.2. The fourth-order valence-corrected chi connectivity index (χ4v) is 2.93. The molecule has 5 nitrogen and oxygen atoms in total. The van der Waals surface area contributed by atoms with Crippen LogP contribution in [0.5, 0.6) is 5.75 Å². The minimum Gasteiger partial charge on any atom is -0.496 e. The molecule has 2 rings (SSSR count). The van der Waals surface area contributed by atoms with Gasteiger partial charge in [0.25, 0.3) is 0 Å². The average molecular weight is 302 g/mol. The lowest BCUT2D eigenvalue weighted by atomic mass is 10.1. The molecule has 1 aliphatic heterocycles. The molecule has 0 radical (unpaired) electrons. The molecule has 0 bridgehead atoms. The SMILES string of the molecule is COc1cc(C)ccc1CN1CCN(S(=O)(=O)F)CC1. The number of rotatable bonds is 4. The Morgan fingerprint density at radius 3 is 2.45 bits per heavy atom. The second kappa shape index (κ2) is 6.07. The first-order chi connectivity index (χ1) is 9.40. The van der Waals surface area contributed by atoms with Crippen LogP contribution in [0.4, 0.5) is 3.89 Å². The van der Waals surface area contributed by atoms with Crippen LogP contribution in [0.15, 0.2) is 18.2 Å². The Hall–Kier alpha value is -1.18. The molecular weight excluding hydrogens is 283 g/mol. The van der Waals surface area contributed by atoms with Crippen molar-refractivity contribution in [1.82, 2.24) is 9.21 Å². The molecule has 7 heteroatoms. The van der Waals surface area contributed by atoms with Crippen molar-refractivity contribution in [3.8, 4) is 5.75 Å². The maximum atomic E-state index is 12.9. The number of hydrogen-bond acceptors (Lipinski definition) is 4. The average Bonchev–Trinajstić information content (AvgIpc) is 2.40. The number of halogens is 1. The Kier molecular flexibility index (Phi) is 4.62. The van der Waals surface area contributed by atoms with Gasteiger partial charge in [0.2, 0.25) is 0 Å². The van der Waals surface area contributed by atoms with Gasteiger partial charge in [0.05, 0.1) is 7.11 Å². The maximum absolute atomic E-state index is 12.9. The second-order valence-electron chi connectivity index (χ2n) is 4.93. The van der Waals surface area contributed by atoms with Crippen LogP contribution in [0, 0.1) is 6.92 Å². The van der Waals surface area contributed by atoms with Gasteiger partial charge in [0.15, 0.2) is 0 Å². The molecule has 1 aromatic carbocycles. The van der Waals surface area contributed by atoms with Crippen LogP contribution in [-0.4, -0.2) is 50.9 Å². The van der Waals surface area contributed by atoms with E-state index in [1.165, 1.54) is 0 Å². The van der Waals surface area contributed by atoms with Crippen LogP contribution in [0.1, 0.15) is 11.1 Å².